The van der Waals surface area contributed by atoms with E-state index in [4.69, 9.17) is 4.98 Å². The SMILES string of the molecule is Cc1c(C)c(C(C)(C)C(C)(C)C)c(C)c(C)c1-c1nc2c(C)c(C)c(C)c(C)c2n1C. The summed E-state index contributed by atoms with van der Waals surface area (Å²) in [5, 5.41) is 0. The largest absolute Gasteiger partial charge is 0.327 e. The highest BCUT2D eigenvalue weighted by atomic mass is 15.1. The van der Waals surface area contributed by atoms with Crippen molar-refractivity contribution in [1.29, 1.82) is 0 Å². The monoisotopic (exact) mass is 418 g/mol. The van der Waals surface area contributed by atoms with Crippen molar-refractivity contribution in [2.45, 2.75) is 95.4 Å². The highest BCUT2D eigenvalue weighted by Crippen LogP contribution is 2.47. The number of hydrogen-bond donors (Lipinski definition) is 0. The quantitative estimate of drug-likeness (QED) is 0.412. The van der Waals surface area contributed by atoms with Gasteiger partial charge in [-0.2, -0.15) is 0 Å². The van der Waals surface area contributed by atoms with E-state index in [1.165, 1.54) is 61.2 Å². The maximum absolute atomic E-state index is 5.25. The average molecular weight is 419 g/mol. The zero-order valence-corrected chi connectivity index (χ0v) is 22.4. The van der Waals surface area contributed by atoms with Gasteiger partial charge in [0.05, 0.1) is 11.0 Å². The van der Waals surface area contributed by atoms with Gasteiger partial charge < -0.3 is 4.57 Å². The lowest BCUT2D eigenvalue weighted by Gasteiger charge is -2.42. The highest BCUT2D eigenvalue weighted by molar-refractivity contribution is 5.89. The molecule has 1 aromatic heterocycles. The summed E-state index contributed by atoms with van der Waals surface area (Å²) in [6, 6.07) is 0. The molecule has 0 N–H and O–H groups in total. The lowest BCUT2D eigenvalue weighted by molar-refractivity contribution is 0.223. The van der Waals surface area contributed by atoms with Gasteiger partial charge in [0.15, 0.2) is 0 Å². The van der Waals surface area contributed by atoms with Gasteiger partial charge in [-0.05, 0) is 116 Å². The first-order valence-electron chi connectivity index (χ1n) is 11.6. The Morgan fingerprint density at radius 3 is 1.48 bits per heavy atom. The molecule has 168 valence electrons. The molecule has 0 amide bonds. The number of rotatable bonds is 2. The van der Waals surface area contributed by atoms with E-state index in [-0.39, 0.29) is 10.8 Å². The first-order valence-corrected chi connectivity index (χ1v) is 11.6. The summed E-state index contributed by atoms with van der Waals surface area (Å²) in [7, 11) is 2.18. The van der Waals surface area contributed by atoms with Gasteiger partial charge in [0.25, 0.3) is 0 Å². The van der Waals surface area contributed by atoms with Crippen molar-refractivity contribution in [3.05, 3.63) is 50.1 Å². The molecule has 0 spiro atoms. The minimum Gasteiger partial charge on any atom is -0.327 e. The van der Waals surface area contributed by atoms with Crippen LogP contribution >= 0.6 is 0 Å². The van der Waals surface area contributed by atoms with Gasteiger partial charge in [-0.3, -0.25) is 0 Å². The van der Waals surface area contributed by atoms with E-state index in [1.54, 1.807) is 0 Å². The number of aryl methyl sites for hydroxylation is 3. The molecule has 0 saturated carbocycles. The van der Waals surface area contributed by atoms with E-state index < -0.39 is 0 Å². The summed E-state index contributed by atoms with van der Waals surface area (Å²) in [5.74, 6) is 1.09. The summed E-state index contributed by atoms with van der Waals surface area (Å²) in [6.07, 6.45) is 0. The van der Waals surface area contributed by atoms with Crippen LogP contribution in [-0.4, -0.2) is 9.55 Å². The summed E-state index contributed by atoms with van der Waals surface area (Å²) < 4.78 is 2.33. The number of aromatic nitrogens is 2. The third-order valence-corrected chi connectivity index (χ3v) is 8.84. The van der Waals surface area contributed by atoms with Crippen molar-refractivity contribution in [3.8, 4) is 11.4 Å². The summed E-state index contributed by atoms with van der Waals surface area (Å²) >= 11 is 0. The Morgan fingerprint density at radius 2 is 1.03 bits per heavy atom. The van der Waals surface area contributed by atoms with Crippen molar-refractivity contribution in [2.24, 2.45) is 12.5 Å². The smallest absolute Gasteiger partial charge is 0.141 e. The molecule has 2 nitrogen and oxygen atoms in total. The minimum absolute atomic E-state index is 0.0724. The second kappa shape index (κ2) is 7.22. The zero-order valence-electron chi connectivity index (χ0n) is 22.4. The fourth-order valence-corrected chi connectivity index (χ4v) is 5.29. The van der Waals surface area contributed by atoms with Crippen molar-refractivity contribution in [3.63, 3.8) is 0 Å². The van der Waals surface area contributed by atoms with Crippen LogP contribution in [-0.2, 0) is 12.5 Å². The molecule has 0 radical (unpaired) electrons. The first kappa shape index (κ1) is 23.6. The highest BCUT2D eigenvalue weighted by Gasteiger charge is 2.38. The normalized spacial score (nSPS) is 12.8. The first-order chi connectivity index (χ1) is 14.1. The maximum atomic E-state index is 5.25. The molecule has 3 aromatic rings. The Bertz CT molecular complexity index is 1180. The van der Waals surface area contributed by atoms with Crippen LogP contribution in [0.5, 0.6) is 0 Å². The molecule has 0 aliphatic heterocycles. The molecule has 0 aliphatic carbocycles. The molecule has 0 bridgehead atoms. The van der Waals surface area contributed by atoms with Crippen molar-refractivity contribution >= 4 is 11.0 Å². The second-order valence-electron chi connectivity index (χ2n) is 11.3. The fraction of sp³-hybridized carbons (Fsp3) is 0.552. The predicted molar refractivity (Wildman–Crippen MR) is 137 cm³/mol. The molecule has 0 saturated heterocycles. The lowest BCUT2D eigenvalue weighted by atomic mass is 9.62. The van der Waals surface area contributed by atoms with Crippen LogP contribution in [0.2, 0.25) is 0 Å². The van der Waals surface area contributed by atoms with E-state index in [0.29, 0.717) is 0 Å². The Balaban J connectivity index is 2.44. The standard InChI is InChI=1S/C29H42N2/c1-15-16(2)22(8)26-25(21(15)7)30-27(31(26)14)23-17(3)19(5)24(20(6)18(23)4)29(12,13)28(9,10)11/h1-14H3. The molecule has 1 heterocycles. The zero-order chi connectivity index (χ0) is 23.8. The predicted octanol–water partition coefficient (Wildman–Crippen LogP) is 8.03. The van der Waals surface area contributed by atoms with Crippen LogP contribution in [0.25, 0.3) is 22.4 Å². The summed E-state index contributed by atoms with van der Waals surface area (Å²) in [6.45, 7) is 29.9. The average Bonchev–Trinajstić information content (AvgIpc) is 2.99. The van der Waals surface area contributed by atoms with E-state index in [1.807, 2.05) is 0 Å². The molecule has 2 heteroatoms. The molecule has 0 fully saturated rings. The minimum atomic E-state index is 0.0724. The second-order valence-corrected chi connectivity index (χ2v) is 11.3. The van der Waals surface area contributed by atoms with Gasteiger partial charge in [-0.15, -0.1) is 0 Å². The molecular formula is C29H42N2. The lowest BCUT2D eigenvalue weighted by Crippen LogP contribution is -2.36. The third-order valence-electron chi connectivity index (χ3n) is 8.84. The van der Waals surface area contributed by atoms with E-state index >= 15 is 0 Å². The Morgan fingerprint density at radius 1 is 0.581 bits per heavy atom. The van der Waals surface area contributed by atoms with Crippen molar-refractivity contribution in [1.82, 2.24) is 9.55 Å². The molecular weight excluding hydrogens is 376 g/mol. The molecule has 31 heavy (non-hydrogen) atoms. The number of hydrogen-bond acceptors (Lipinski definition) is 1. The van der Waals surface area contributed by atoms with Crippen molar-refractivity contribution in [2.75, 3.05) is 0 Å². The Labute approximate surface area is 190 Å². The number of fused-ring (bicyclic) bond motifs is 1. The Kier molecular flexibility index (Phi) is 5.49. The van der Waals surface area contributed by atoms with Crippen LogP contribution in [0.3, 0.4) is 0 Å². The van der Waals surface area contributed by atoms with Crippen LogP contribution in [0.15, 0.2) is 0 Å². The van der Waals surface area contributed by atoms with Gasteiger partial charge in [-0.1, -0.05) is 34.6 Å². The third kappa shape index (κ3) is 3.17. The number of benzene rings is 2. The fourth-order valence-electron chi connectivity index (χ4n) is 5.29. The maximum Gasteiger partial charge on any atom is 0.141 e. The molecule has 2 aromatic carbocycles. The topological polar surface area (TPSA) is 17.8 Å². The van der Waals surface area contributed by atoms with Crippen LogP contribution in [0.4, 0.5) is 0 Å². The molecule has 0 atom stereocenters. The van der Waals surface area contributed by atoms with E-state index in [9.17, 15) is 0 Å². The van der Waals surface area contributed by atoms with Crippen molar-refractivity contribution < 1.29 is 0 Å². The van der Waals surface area contributed by atoms with Gasteiger partial charge in [-0.25, -0.2) is 4.98 Å². The molecule has 0 aliphatic rings. The Hall–Kier alpha value is -2.09. The molecule has 3 rings (SSSR count). The number of imidazole rings is 1. The summed E-state index contributed by atoms with van der Waals surface area (Å²) in [5.41, 5.74) is 16.4. The van der Waals surface area contributed by atoms with Gasteiger partial charge >= 0.3 is 0 Å². The van der Waals surface area contributed by atoms with Crippen LogP contribution in [0, 0.1) is 60.8 Å². The number of nitrogens with zero attached hydrogens (tertiary/aromatic N) is 2. The van der Waals surface area contributed by atoms with Crippen LogP contribution < -0.4 is 0 Å². The molecule has 0 unspecified atom stereocenters. The van der Waals surface area contributed by atoms with Crippen LogP contribution in [0.1, 0.15) is 84.7 Å². The summed E-state index contributed by atoms with van der Waals surface area (Å²) in [4.78, 5) is 5.25. The van der Waals surface area contributed by atoms with E-state index in [0.717, 1.165) is 11.3 Å². The van der Waals surface area contributed by atoms with E-state index in [2.05, 4.69) is 102 Å². The van der Waals surface area contributed by atoms with Gasteiger partial charge in [0.2, 0.25) is 0 Å². The van der Waals surface area contributed by atoms with Gasteiger partial charge in [0.1, 0.15) is 5.82 Å². The van der Waals surface area contributed by atoms with Gasteiger partial charge in [0, 0.05) is 12.6 Å².